The zero-order valence-corrected chi connectivity index (χ0v) is 11.9. The SMILES string of the molecule is CC(C)Oc1cc(N(CCN)C2CCCC2)ncn1. The van der Waals surface area contributed by atoms with Gasteiger partial charge in [-0.2, -0.15) is 0 Å². The Kier molecular flexibility index (Phi) is 4.96. The predicted octanol–water partition coefficient (Wildman–Crippen LogP) is 1.97. The molecular weight excluding hydrogens is 240 g/mol. The summed E-state index contributed by atoms with van der Waals surface area (Å²) in [4.78, 5) is 10.9. The summed E-state index contributed by atoms with van der Waals surface area (Å²) in [5.41, 5.74) is 5.74. The first-order chi connectivity index (χ1) is 9.20. The summed E-state index contributed by atoms with van der Waals surface area (Å²) in [5, 5.41) is 0. The molecule has 0 spiro atoms. The Balaban J connectivity index is 2.15. The van der Waals surface area contributed by atoms with Gasteiger partial charge >= 0.3 is 0 Å². The minimum absolute atomic E-state index is 0.122. The minimum Gasteiger partial charge on any atom is -0.475 e. The fraction of sp³-hybridized carbons (Fsp3) is 0.714. The van der Waals surface area contributed by atoms with Gasteiger partial charge in [-0.05, 0) is 26.7 Å². The molecule has 0 aliphatic heterocycles. The first kappa shape index (κ1) is 14.1. The number of hydrogen-bond donors (Lipinski definition) is 1. The lowest BCUT2D eigenvalue weighted by Gasteiger charge is -2.29. The van der Waals surface area contributed by atoms with E-state index in [0.29, 0.717) is 18.5 Å². The molecule has 2 rings (SSSR count). The molecule has 0 bridgehead atoms. The molecule has 1 aliphatic rings. The monoisotopic (exact) mass is 264 g/mol. The third kappa shape index (κ3) is 3.80. The van der Waals surface area contributed by atoms with Gasteiger partial charge < -0.3 is 15.4 Å². The van der Waals surface area contributed by atoms with Crippen molar-refractivity contribution in [2.24, 2.45) is 5.73 Å². The molecule has 1 aliphatic carbocycles. The van der Waals surface area contributed by atoms with Crippen molar-refractivity contribution >= 4 is 5.82 Å². The van der Waals surface area contributed by atoms with Crippen LogP contribution in [0.2, 0.25) is 0 Å². The van der Waals surface area contributed by atoms with E-state index in [0.717, 1.165) is 12.4 Å². The van der Waals surface area contributed by atoms with Crippen LogP contribution in [0.5, 0.6) is 5.88 Å². The summed E-state index contributed by atoms with van der Waals surface area (Å²) in [6.07, 6.45) is 6.75. The lowest BCUT2D eigenvalue weighted by molar-refractivity contribution is 0.232. The van der Waals surface area contributed by atoms with Gasteiger partial charge in [0.25, 0.3) is 0 Å². The summed E-state index contributed by atoms with van der Waals surface area (Å²) in [5.74, 6) is 1.57. The molecule has 0 radical (unpaired) electrons. The van der Waals surface area contributed by atoms with E-state index in [9.17, 15) is 0 Å². The molecule has 1 aromatic heterocycles. The van der Waals surface area contributed by atoms with E-state index >= 15 is 0 Å². The van der Waals surface area contributed by atoms with Crippen LogP contribution in [0, 0.1) is 0 Å². The average Bonchev–Trinajstić information content (AvgIpc) is 2.89. The first-order valence-electron chi connectivity index (χ1n) is 7.16. The van der Waals surface area contributed by atoms with Crippen molar-refractivity contribution in [2.45, 2.75) is 51.7 Å². The van der Waals surface area contributed by atoms with Gasteiger partial charge in [0.2, 0.25) is 5.88 Å². The molecule has 0 unspecified atom stereocenters. The van der Waals surface area contributed by atoms with Crippen LogP contribution in [0.3, 0.4) is 0 Å². The Morgan fingerprint density at radius 3 is 2.74 bits per heavy atom. The second-order valence-corrected chi connectivity index (χ2v) is 5.30. The highest BCUT2D eigenvalue weighted by Gasteiger charge is 2.23. The number of aromatic nitrogens is 2. The Hall–Kier alpha value is -1.36. The molecule has 19 heavy (non-hydrogen) atoms. The average molecular weight is 264 g/mol. The van der Waals surface area contributed by atoms with Crippen molar-refractivity contribution in [2.75, 3.05) is 18.0 Å². The van der Waals surface area contributed by atoms with Crippen molar-refractivity contribution in [1.29, 1.82) is 0 Å². The largest absolute Gasteiger partial charge is 0.475 e. The molecule has 0 aromatic carbocycles. The highest BCUT2D eigenvalue weighted by molar-refractivity contribution is 5.42. The normalized spacial score (nSPS) is 16.0. The van der Waals surface area contributed by atoms with E-state index in [1.165, 1.54) is 25.7 Å². The van der Waals surface area contributed by atoms with Crippen LogP contribution in [0.15, 0.2) is 12.4 Å². The highest BCUT2D eigenvalue weighted by atomic mass is 16.5. The minimum atomic E-state index is 0.122. The molecule has 1 saturated carbocycles. The number of anilines is 1. The third-order valence-electron chi connectivity index (χ3n) is 3.41. The predicted molar refractivity (Wildman–Crippen MR) is 76.5 cm³/mol. The van der Waals surface area contributed by atoms with Crippen molar-refractivity contribution < 1.29 is 4.74 Å². The summed E-state index contributed by atoms with van der Waals surface area (Å²) < 4.78 is 5.64. The number of nitrogens with two attached hydrogens (primary N) is 1. The third-order valence-corrected chi connectivity index (χ3v) is 3.41. The molecule has 1 aromatic rings. The van der Waals surface area contributed by atoms with Crippen LogP contribution >= 0.6 is 0 Å². The van der Waals surface area contributed by atoms with Gasteiger partial charge in [0.05, 0.1) is 6.10 Å². The zero-order chi connectivity index (χ0) is 13.7. The van der Waals surface area contributed by atoms with E-state index in [1.807, 2.05) is 19.9 Å². The topological polar surface area (TPSA) is 64.3 Å². The van der Waals surface area contributed by atoms with Gasteiger partial charge in [0, 0.05) is 25.2 Å². The summed E-state index contributed by atoms with van der Waals surface area (Å²) in [6.45, 7) is 5.47. The summed E-state index contributed by atoms with van der Waals surface area (Å²) >= 11 is 0. The van der Waals surface area contributed by atoms with E-state index in [1.54, 1.807) is 6.33 Å². The number of nitrogens with zero attached hydrogens (tertiary/aromatic N) is 3. The fourth-order valence-electron chi connectivity index (χ4n) is 2.63. The Labute approximate surface area is 115 Å². The molecule has 1 heterocycles. The van der Waals surface area contributed by atoms with Crippen LogP contribution in [0.25, 0.3) is 0 Å². The van der Waals surface area contributed by atoms with Gasteiger partial charge in [0.15, 0.2) is 0 Å². The first-order valence-corrected chi connectivity index (χ1v) is 7.16. The smallest absolute Gasteiger partial charge is 0.218 e. The van der Waals surface area contributed by atoms with Crippen LogP contribution in [-0.4, -0.2) is 35.2 Å². The lowest BCUT2D eigenvalue weighted by Crippen LogP contribution is -2.38. The standard InChI is InChI=1S/C14H24N4O/c1-11(2)19-14-9-13(16-10-17-14)18(8-7-15)12-5-3-4-6-12/h9-12H,3-8,15H2,1-2H3. The van der Waals surface area contributed by atoms with E-state index in [4.69, 9.17) is 10.5 Å². The van der Waals surface area contributed by atoms with E-state index in [-0.39, 0.29) is 6.10 Å². The number of rotatable bonds is 6. The van der Waals surface area contributed by atoms with Crippen molar-refractivity contribution in [3.63, 3.8) is 0 Å². The maximum Gasteiger partial charge on any atom is 0.218 e. The maximum atomic E-state index is 5.74. The van der Waals surface area contributed by atoms with Crippen molar-refractivity contribution in [3.8, 4) is 5.88 Å². The van der Waals surface area contributed by atoms with Gasteiger partial charge in [-0.25, -0.2) is 9.97 Å². The maximum absolute atomic E-state index is 5.74. The number of ether oxygens (including phenoxy) is 1. The van der Waals surface area contributed by atoms with E-state index < -0.39 is 0 Å². The molecule has 2 N–H and O–H groups in total. The molecule has 5 nitrogen and oxygen atoms in total. The molecule has 0 saturated heterocycles. The fourth-order valence-corrected chi connectivity index (χ4v) is 2.63. The number of hydrogen-bond acceptors (Lipinski definition) is 5. The molecule has 0 amide bonds. The Bertz CT molecular complexity index is 391. The van der Waals surface area contributed by atoms with Crippen molar-refractivity contribution in [1.82, 2.24) is 9.97 Å². The second-order valence-electron chi connectivity index (χ2n) is 5.30. The quantitative estimate of drug-likeness (QED) is 0.851. The Morgan fingerprint density at radius 1 is 1.37 bits per heavy atom. The molecular formula is C14H24N4O. The molecule has 5 heteroatoms. The second kappa shape index (κ2) is 6.70. The van der Waals surface area contributed by atoms with Gasteiger partial charge in [0.1, 0.15) is 12.1 Å². The van der Waals surface area contributed by atoms with Gasteiger partial charge in [-0.3, -0.25) is 0 Å². The van der Waals surface area contributed by atoms with Crippen molar-refractivity contribution in [3.05, 3.63) is 12.4 Å². The Morgan fingerprint density at radius 2 is 2.11 bits per heavy atom. The highest BCUT2D eigenvalue weighted by Crippen LogP contribution is 2.27. The summed E-state index contributed by atoms with van der Waals surface area (Å²) in [7, 11) is 0. The van der Waals surface area contributed by atoms with Crippen LogP contribution in [0.1, 0.15) is 39.5 Å². The summed E-state index contributed by atoms with van der Waals surface area (Å²) in [6, 6.07) is 2.49. The van der Waals surface area contributed by atoms with Crippen LogP contribution < -0.4 is 15.4 Å². The lowest BCUT2D eigenvalue weighted by atomic mass is 10.2. The van der Waals surface area contributed by atoms with E-state index in [2.05, 4.69) is 14.9 Å². The van der Waals surface area contributed by atoms with Gasteiger partial charge in [-0.1, -0.05) is 12.8 Å². The van der Waals surface area contributed by atoms with Gasteiger partial charge in [-0.15, -0.1) is 0 Å². The molecule has 1 fully saturated rings. The zero-order valence-electron chi connectivity index (χ0n) is 11.9. The molecule has 0 atom stereocenters. The van der Waals surface area contributed by atoms with Crippen LogP contribution in [-0.2, 0) is 0 Å². The van der Waals surface area contributed by atoms with Crippen LogP contribution in [0.4, 0.5) is 5.82 Å². The molecule has 106 valence electrons.